The maximum atomic E-state index is 6.52. The highest BCUT2D eigenvalue weighted by Gasteiger charge is 2.19. The van der Waals surface area contributed by atoms with E-state index in [9.17, 15) is 0 Å². The fourth-order valence-corrected chi connectivity index (χ4v) is 2.73. The van der Waals surface area contributed by atoms with Gasteiger partial charge in [-0.1, -0.05) is 67.9 Å². The molecule has 2 rings (SSSR count). The minimum Gasteiger partial charge on any atom is -0.496 e. The highest BCUT2D eigenvalue weighted by molar-refractivity contribution is 6.34. The van der Waals surface area contributed by atoms with E-state index in [4.69, 9.17) is 21.1 Å². The molecule has 0 aliphatic heterocycles. The minimum absolute atomic E-state index is 0.259. The first-order valence-electron chi connectivity index (χ1n) is 7.26. The van der Waals surface area contributed by atoms with E-state index in [1.165, 1.54) is 0 Å². The Hall–Kier alpha value is -1.93. The molecule has 116 valence electrons. The first kappa shape index (κ1) is 16.4. The molecule has 0 bridgehead atoms. The van der Waals surface area contributed by atoms with Gasteiger partial charge in [0.05, 0.1) is 19.2 Å². The van der Waals surface area contributed by atoms with Crippen LogP contribution in [0.3, 0.4) is 0 Å². The van der Waals surface area contributed by atoms with Crippen LogP contribution in [0, 0.1) is 0 Å². The van der Waals surface area contributed by atoms with E-state index in [1.54, 1.807) is 14.2 Å². The Morgan fingerprint density at radius 3 is 2.23 bits per heavy atom. The zero-order valence-corrected chi connectivity index (χ0v) is 14.1. The quantitative estimate of drug-likeness (QED) is 0.663. The largest absolute Gasteiger partial charge is 0.496 e. The molecule has 0 saturated carbocycles. The van der Waals surface area contributed by atoms with Crippen molar-refractivity contribution >= 4 is 23.8 Å². The second-order valence-corrected chi connectivity index (χ2v) is 5.71. The number of hydrogen-bond donors (Lipinski definition) is 0. The lowest BCUT2D eigenvalue weighted by Crippen LogP contribution is -2.00. The molecule has 0 spiro atoms. The van der Waals surface area contributed by atoms with E-state index < -0.39 is 0 Å². The first-order chi connectivity index (χ1) is 10.6. The van der Waals surface area contributed by atoms with Crippen molar-refractivity contribution in [2.24, 2.45) is 0 Å². The van der Waals surface area contributed by atoms with Crippen molar-refractivity contribution in [2.75, 3.05) is 14.2 Å². The summed E-state index contributed by atoms with van der Waals surface area (Å²) < 4.78 is 11.1. The van der Waals surface area contributed by atoms with Crippen molar-refractivity contribution in [1.82, 2.24) is 0 Å². The number of benzene rings is 2. The molecule has 0 atom stereocenters. The maximum Gasteiger partial charge on any atom is 0.145 e. The minimum atomic E-state index is 0.259. The van der Waals surface area contributed by atoms with Crippen LogP contribution in [0.25, 0.3) is 12.2 Å². The van der Waals surface area contributed by atoms with Gasteiger partial charge in [-0.15, -0.1) is 0 Å². The molecule has 2 nitrogen and oxygen atoms in total. The van der Waals surface area contributed by atoms with Crippen LogP contribution in [0.1, 0.15) is 36.5 Å². The summed E-state index contributed by atoms with van der Waals surface area (Å²) in [5.74, 6) is 1.74. The predicted octanol–water partition coefficient (Wildman–Crippen LogP) is 5.65. The van der Waals surface area contributed by atoms with Crippen LogP contribution >= 0.6 is 11.6 Å². The Bertz CT molecular complexity index is 661. The zero-order chi connectivity index (χ0) is 16.1. The third-order valence-corrected chi connectivity index (χ3v) is 3.90. The van der Waals surface area contributed by atoms with E-state index in [1.807, 2.05) is 48.6 Å². The molecule has 2 aromatic rings. The molecular weight excluding hydrogens is 296 g/mol. The lowest BCUT2D eigenvalue weighted by Gasteiger charge is -2.19. The van der Waals surface area contributed by atoms with Crippen LogP contribution in [0.15, 0.2) is 36.4 Å². The third-order valence-electron chi connectivity index (χ3n) is 3.51. The summed E-state index contributed by atoms with van der Waals surface area (Å²) in [5.41, 5.74) is 2.99. The van der Waals surface area contributed by atoms with Crippen LogP contribution in [0.4, 0.5) is 0 Å². The van der Waals surface area contributed by atoms with Gasteiger partial charge in [-0.2, -0.15) is 0 Å². The second kappa shape index (κ2) is 7.37. The Balaban J connectivity index is 2.51. The van der Waals surface area contributed by atoms with Gasteiger partial charge in [-0.3, -0.25) is 0 Å². The Kier molecular flexibility index (Phi) is 5.51. The van der Waals surface area contributed by atoms with Crippen molar-refractivity contribution in [3.63, 3.8) is 0 Å². The molecule has 0 N–H and O–H groups in total. The average molecular weight is 317 g/mol. The van der Waals surface area contributed by atoms with Gasteiger partial charge in [-0.05, 0) is 17.5 Å². The summed E-state index contributed by atoms with van der Waals surface area (Å²) in [6, 6.07) is 12.0. The second-order valence-electron chi connectivity index (χ2n) is 5.33. The van der Waals surface area contributed by atoms with Crippen molar-refractivity contribution in [3.05, 3.63) is 58.1 Å². The molecule has 0 aliphatic rings. The first-order valence-corrected chi connectivity index (χ1v) is 7.63. The van der Waals surface area contributed by atoms with Crippen LogP contribution < -0.4 is 9.47 Å². The molecule has 0 aliphatic carbocycles. The van der Waals surface area contributed by atoms with E-state index >= 15 is 0 Å². The molecule has 0 fully saturated rings. The van der Waals surface area contributed by atoms with Crippen LogP contribution in [-0.2, 0) is 0 Å². The molecule has 0 heterocycles. The number of hydrogen-bond acceptors (Lipinski definition) is 2. The Morgan fingerprint density at radius 1 is 1.00 bits per heavy atom. The SMILES string of the molecule is COc1cc(C=Cc2ccccc2)c(Cl)c(OC)c1C(C)C. The van der Waals surface area contributed by atoms with E-state index in [2.05, 4.69) is 13.8 Å². The smallest absolute Gasteiger partial charge is 0.145 e. The van der Waals surface area contributed by atoms with Gasteiger partial charge in [0.1, 0.15) is 11.5 Å². The number of methoxy groups -OCH3 is 2. The van der Waals surface area contributed by atoms with E-state index in [0.717, 1.165) is 22.4 Å². The molecule has 0 unspecified atom stereocenters. The monoisotopic (exact) mass is 316 g/mol. The predicted molar refractivity (Wildman–Crippen MR) is 94.0 cm³/mol. The fourth-order valence-electron chi connectivity index (χ4n) is 2.43. The molecule has 22 heavy (non-hydrogen) atoms. The van der Waals surface area contributed by atoms with Crippen molar-refractivity contribution in [2.45, 2.75) is 19.8 Å². The highest BCUT2D eigenvalue weighted by atomic mass is 35.5. The zero-order valence-electron chi connectivity index (χ0n) is 13.4. The number of halogens is 1. The number of rotatable bonds is 5. The van der Waals surface area contributed by atoms with Crippen molar-refractivity contribution < 1.29 is 9.47 Å². The van der Waals surface area contributed by atoms with Gasteiger partial charge in [0, 0.05) is 11.1 Å². The molecular formula is C19H21ClO2. The lowest BCUT2D eigenvalue weighted by molar-refractivity contribution is 0.382. The molecule has 3 heteroatoms. The van der Waals surface area contributed by atoms with Gasteiger partial charge in [0.25, 0.3) is 0 Å². The molecule has 0 amide bonds. The van der Waals surface area contributed by atoms with Crippen molar-refractivity contribution in [1.29, 1.82) is 0 Å². The number of ether oxygens (including phenoxy) is 2. The summed E-state index contributed by atoms with van der Waals surface area (Å²) in [5, 5.41) is 0.610. The Morgan fingerprint density at radius 2 is 1.68 bits per heavy atom. The van der Waals surface area contributed by atoms with Gasteiger partial charge in [-0.25, -0.2) is 0 Å². The van der Waals surface area contributed by atoms with Gasteiger partial charge in [0.15, 0.2) is 0 Å². The van der Waals surface area contributed by atoms with Gasteiger partial charge < -0.3 is 9.47 Å². The highest BCUT2D eigenvalue weighted by Crippen LogP contribution is 2.43. The van der Waals surface area contributed by atoms with Gasteiger partial charge >= 0.3 is 0 Å². The molecule has 0 saturated heterocycles. The third kappa shape index (κ3) is 3.45. The lowest BCUT2D eigenvalue weighted by atomic mass is 9.98. The fraction of sp³-hybridized carbons (Fsp3) is 0.263. The molecule has 0 aromatic heterocycles. The standard InChI is InChI=1S/C19H21ClO2/c1-13(2)17-16(21-3)12-15(18(20)19(17)22-4)11-10-14-8-6-5-7-9-14/h5-13H,1-4H3. The summed E-state index contributed by atoms with van der Waals surface area (Å²) in [6.07, 6.45) is 4.00. The summed E-state index contributed by atoms with van der Waals surface area (Å²) in [4.78, 5) is 0. The van der Waals surface area contributed by atoms with Crippen molar-refractivity contribution in [3.8, 4) is 11.5 Å². The van der Waals surface area contributed by atoms with Gasteiger partial charge in [0.2, 0.25) is 0 Å². The summed E-state index contributed by atoms with van der Waals surface area (Å²) in [6.45, 7) is 4.19. The van der Waals surface area contributed by atoms with E-state index in [-0.39, 0.29) is 5.92 Å². The summed E-state index contributed by atoms with van der Waals surface area (Å²) in [7, 11) is 3.30. The Labute approximate surface area is 137 Å². The molecule has 2 aromatic carbocycles. The molecule has 0 radical (unpaired) electrons. The van der Waals surface area contributed by atoms with Crippen LogP contribution in [0.2, 0.25) is 5.02 Å². The van der Waals surface area contributed by atoms with Crippen LogP contribution in [0.5, 0.6) is 11.5 Å². The van der Waals surface area contributed by atoms with Crippen LogP contribution in [-0.4, -0.2) is 14.2 Å². The summed E-state index contributed by atoms with van der Waals surface area (Å²) >= 11 is 6.52. The average Bonchev–Trinajstić information content (AvgIpc) is 2.53. The topological polar surface area (TPSA) is 18.5 Å². The maximum absolute atomic E-state index is 6.52. The van der Waals surface area contributed by atoms with E-state index in [0.29, 0.717) is 10.8 Å². The normalized spacial score (nSPS) is 11.2.